The normalized spacial score (nSPS) is 11.9. The number of benzene rings is 1. The summed E-state index contributed by atoms with van der Waals surface area (Å²) in [4.78, 5) is 8.49. The molecule has 1 aromatic carbocycles. The maximum atomic E-state index is 14.6. The molecule has 0 unspecified atom stereocenters. The molecule has 3 heterocycles. The molecule has 25 heavy (non-hydrogen) atoms. The van der Waals surface area contributed by atoms with E-state index in [4.69, 9.17) is 20.3 Å². The van der Waals surface area contributed by atoms with Crippen molar-refractivity contribution in [2.75, 3.05) is 0 Å². The number of hydrogen-bond acceptors (Lipinski definition) is 5. The summed E-state index contributed by atoms with van der Waals surface area (Å²) in [5.41, 5.74) is 1.85. The Morgan fingerprint density at radius 2 is 2.00 bits per heavy atom. The third-order valence-electron chi connectivity index (χ3n) is 3.99. The van der Waals surface area contributed by atoms with Gasteiger partial charge in [0.2, 0.25) is 0 Å². The van der Waals surface area contributed by atoms with Crippen molar-refractivity contribution in [3.8, 4) is 11.5 Å². The van der Waals surface area contributed by atoms with Crippen molar-refractivity contribution in [1.82, 2.24) is 24.8 Å². The van der Waals surface area contributed by atoms with Gasteiger partial charge in [0.15, 0.2) is 11.5 Å². The van der Waals surface area contributed by atoms with Gasteiger partial charge in [0.1, 0.15) is 17.0 Å². The molecule has 0 aliphatic carbocycles. The van der Waals surface area contributed by atoms with Gasteiger partial charge in [-0.15, -0.1) is 0 Å². The smallest absolute Gasteiger partial charge is 0.173 e. The summed E-state index contributed by atoms with van der Waals surface area (Å²) in [6, 6.07) is 7.95. The van der Waals surface area contributed by atoms with E-state index in [1.165, 1.54) is 16.8 Å². The Bertz CT molecular complexity index is 1060. The van der Waals surface area contributed by atoms with Crippen molar-refractivity contribution < 1.29 is 9.02 Å². The monoisotopic (exact) mass is 329 g/mol. The van der Waals surface area contributed by atoms with Crippen LogP contribution in [0.25, 0.3) is 22.6 Å². The maximum absolute atomic E-state index is 14.6. The van der Waals surface area contributed by atoms with Crippen LogP contribution in [-0.4, -0.2) is 40.5 Å². The molecule has 4 aromatic rings. The van der Waals surface area contributed by atoms with Crippen LogP contribution >= 0.6 is 0 Å². The largest absolute Gasteiger partial charge is 0.328 e. The number of rotatable bonds is 3. The number of imidazole rings is 1. The predicted molar refractivity (Wildman–Crippen MR) is 90.5 cm³/mol. The molecular weight excluding hydrogens is 319 g/mol. The second kappa shape index (κ2) is 5.54. The fraction of sp³-hybridized carbons (Fsp3) is 0.125. The van der Waals surface area contributed by atoms with E-state index in [1.807, 2.05) is 0 Å². The number of aromatic nitrogens is 5. The number of hydrogen-bond donors (Lipinski definition) is 0. The summed E-state index contributed by atoms with van der Waals surface area (Å²) in [6.07, 6.45) is 3.11. The second-order valence-electron chi connectivity index (χ2n) is 5.64. The van der Waals surface area contributed by atoms with Crippen LogP contribution in [0.3, 0.4) is 0 Å². The highest BCUT2D eigenvalue weighted by atomic mass is 19.1. The Morgan fingerprint density at radius 1 is 1.16 bits per heavy atom. The van der Waals surface area contributed by atoms with Crippen LogP contribution < -0.4 is 0 Å². The van der Waals surface area contributed by atoms with Crippen LogP contribution in [0.1, 0.15) is 11.3 Å². The first-order chi connectivity index (χ1) is 12.0. The molecule has 0 aliphatic rings. The fourth-order valence-corrected chi connectivity index (χ4v) is 2.77. The van der Waals surface area contributed by atoms with E-state index in [2.05, 4.69) is 20.3 Å². The van der Waals surface area contributed by atoms with Crippen LogP contribution in [0.4, 0.5) is 4.39 Å². The summed E-state index contributed by atoms with van der Waals surface area (Å²) in [7, 11) is 12.8. The first kappa shape index (κ1) is 15.6. The van der Waals surface area contributed by atoms with Crippen molar-refractivity contribution in [2.24, 2.45) is 0 Å². The van der Waals surface area contributed by atoms with Crippen molar-refractivity contribution in [1.29, 1.82) is 0 Å². The molecular formula is C16H10B2FN5O. The number of pyridine rings is 1. The molecule has 0 atom stereocenters. The highest BCUT2D eigenvalue weighted by molar-refractivity contribution is 6.40. The lowest BCUT2D eigenvalue weighted by Gasteiger charge is -2.30. The molecule has 0 saturated heterocycles. The highest BCUT2D eigenvalue weighted by Crippen LogP contribution is 2.33. The van der Waals surface area contributed by atoms with Crippen LogP contribution in [0.2, 0.25) is 0 Å². The Balaban J connectivity index is 2.10. The third-order valence-corrected chi connectivity index (χ3v) is 3.99. The van der Waals surface area contributed by atoms with Gasteiger partial charge < -0.3 is 4.57 Å². The molecule has 0 spiro atoms. The summed E-state index contributed by atoms with van der Waals surface area (Å²) >= 11 is 0. The average Bonchev–Trinajstić information content (AvgIpc) is 3.20. The van der Waals surface area contributed by atoms with Crippen LogP contribution in [0.15, 0.2) is 47.4 Å². The first-order valence-corrected chi connectivity index (χ1v) is 7.45. The lowest BCUT2D eigenvalue weighted by atomic mass is 9.58. The highest BCUT2D eigenvalue weighted by Gasteiger charge is 2.31. The molecule has 0 saturated carbocycles. The Labute approximate surface area is 144 Å². The van der Waals surface area contributed by atoms with Crippen LogP contribution in [0.5, 0.6) is 0 Å². The molecule has 118 valence electrons. The Morgan fingerprint density at radius 3 is 2.68 bits per heavy atom. The van der Waals surface area contributed by atoms with E-state index < -0.39 is 11.2 Å². The maximum Gasteiger partial charge on any atom is 0.173 e. The second-order valence-corrected chi connectivity index (χ2v) is 5.64. The molecule has 0 N–H and O–H groups in total. The van der Waals surface area contributed by atoms with Gasteiger partial charge in [-0.2, -0.15) is 0 Å². The quantitative estimate of drug-likeness (QED) is 0.537. The van der Waals surface area contributed by atoms with Crippen LogP contribution in [0, 0.1) is 12.7 Å². The zero-order chi connectivity index (χ0) is 17.6. The zero-order valence-electron chi connectivity index (χ0n) is 13.2. The van der Waals surface area contributed by atoms with Crippen molar-refractivity contribution >= 4 is 26.7 Å². The molecule has 0 aliphatic heterocycles. The average molecular weight is 329 g/mol. The van der Waals surface area contributed by atoms with Gasteiger partial charge in [0.05, 0.1) is 21.2 Å². The Hall–Kier alpha value is -2.96. The summed E-state index contributed by atoms with van der Waals surface area (Å²) in [5.74, 6) is -0.248. The van der Waals surface area contributed by atoms with Crippen molar-refractivity contribution in [3.05, 3.63) is 59.8 Å². The molecule has 6 nitrogen and oxygen atoms in total. The minimum absolute atomic E-state index is 0.161. The summed E-state index contributed by atoms with van der Waals surface area (Å²) in [5, 5.41) is 6.00. The zero-order valence-corrected chi connectivity index (χ0v) is 13.2. The molecule has 9 heteroatoms. The van der Waals surface area contributed by atoms with E-state index in [0.29, 0.717) is 22.5 Å². The minimum Gasteiger partial charge on any atom is -0.328 e. The van der Waals surface area contributed by atoms with Crippen molar-refractivity contribution in [3.63, 3.8) is 0 Å². The standard InChI is InChI=1S/C16H10B2FN5O/c1-9-13(23-25-22-9)15-21-12-6-2-5-11(19)14(12)24(15)16(17,18)10-4-3-7-20-8-10/h2-8H,1H3. The van der Waals surface area contributed by atoms with E-state index in [1.54, 1.807) is 37.4 Å². The number of halogens is 1. The number of aryl methyl sites for hydroxylation is 1. The molecule has 3 aromatic heterocycles. The lowest BCUT2D eigenvalue weighted by Crippen LogP contribution is -2.37. The molecule has 0 fully saturated rings. The van der Waals surface area contributed by atoms with E-state index in [0.717, 1.165) is 0 Å². The lowest BCUT2D eigenvalue weighted by molar-refractivity contribution is 0.305. The van der Waals surface area contributed by atoms with E-state index >= 15 is 0 Å². The molecule has 4 rings (SSSR count). The minimum atomic E-state index is -1.62. The fourth-order valence-electron chi connectivity index (χ4n) is 2.77. The number of para-hydroxylation sites is 1. The van der Waals surface area contributed by atoms with Crippen LogP contribution in [-0.2, 0) is 5.34 Å². The van der Waals surface area contributed by atoms with E-state index in [9.17, 15) is 4.39 Å². The van der Waals surface area contributed by atoms with Gasteiger partial charge in [-0.3, -0.25) is 4.98 Å². The first-order valence-electron chi connectivity index (χ1n) is 7.45. The van der Waals surface area contributed by atoms with Gasteiger partial charge in [0.25, 0.3) is 0 Å². The van der Waals surface area contributed by atoms with E-state index in [-0.39, 0.29) is 11.3 Å². The SMILES string of the molecule is [B]C([B])(c1cccnc1)n1c(-c2nonc2C)nc2cccc(F)c21. The predicted octanol–water partition coefficient (Wildman–Crippen LogP) is 1.92. The molecule has 0 bridgehead atoms. The topological polar surface area (TPSA) is 69.6 Å². The number of nitrogens with zero attached hydrogens (tertiary/aromatic N) is 5. The van der Waals surface area contributed by atoms with Gasteiger partial charge in [-0.05, 0) is 41.2 Å². The molecule has 0 amide bonds. The van der Waals surface area contributed by atoms with Crippen molar-refractivity contribution in [2.45, 2.75) is 12.3 Å². The van der Waals surface area contributed by atoms with Gasteiger partial charge >= 0.3 is 0 Å². The number of fused-ring (bicyclic) bond motifs is 1. The molecule has 4 radical (unpaired) electrons. The third kappa shape index (κ3) is 2.34. The van der Waals surface area contributed by atoms with Gasteiger partial charge in [-0.1, -0.05) is 17.3 Å². The van der Waals surface area contributed by atoms with Gasteiger partial charge in [0, 0.05) is 12.4 Å². The summed E-state index contributed by atoms with van der Waals surface area (Å²) < 4.78 is 20.7. The Kier molecular flexibility index (Phi) is 3.45. The summed E-state index contributed by atoms with van der Waals surface area (Å²) in [6.45, 7) is 1.70. The van der Waals surface area contributed by atoms with Gasteiger partial charge in [-0.25, -0.2) is 14.0 Å².